The number of amides is 1. The van der Waals surface area contributed by atoms with Gasteiger partial charge in [-0.1, -0.05) is 12.1 Å². The SMILES string of the molecule is N#C/C(=C\c1cccc(Oc2ccc([N+](=O)[O-])cc2C#N)c1)C(=O)Nc1ccc(C(=O)O)cc1. The molecular formula is C24H14N4O6. The summed E-state index contributed by atoms with van der Waals surface area (Å²) >= 11 is 0. The van der Waals surface area contributed by atoms with Crippen molar-refractivity contribution < 1.29 is 24.4 Å². The van der Waals surface area contributed by atoms with Crippen LogP contribution >= 0.6 is 0 Å². The fraction of sp³-hybridized carbons (Fsp3) is 0. The number of ether oxygens (including phenoxy) is 1. The molecule has 10 nitrogen and oxygen atoms in total. The first-order valence-corrected chi connectivity index (χ1v) is 9.53. The largest absolute Gasteiger partial charge is 0.478 e. The molecule has 10 heteroatoms. The summed E-state index contributed by atoms with van der Waals surface area (Å²) in [5.74, 6) is -1.41. The Morgan fingerprint density at radius 2 is 1.79 bits per heavy atom. The Labute approximate surface area is 192 Å². The van der Waals surface area contributed by atoms with Crippen LogP contribution in [0, 0.1) is 32.8 Å². The molecular weight excluding hydrogens is 440 g/mol. The van der Waals surface area contributed by atoms with Gasteiger partial charge in [-0.05, 0) is 54.1 Å². The molecule has 0 atom stereocenters. The first-order chi connectivity index (χ1) is 16.3. The standard InChI is InChI=1S/C24H14N4O6/c25-13-17-12-20(28(32)33)8-9-22(17)34-21-3-1-2-15(11-21)10-18(14-26)23(29)27-19-6-4-16(5-7-19)24(30)31/h1-12H,(H,27,29)(H,30,31)/b18-10+. The van der Waals surface area contributed by atoms with Crippen molar-refractivity contribution in [1.82, 2.24) is 0 Å². The van der Waals surface area contributed by atoms with E-state index in [1.807, 2.05) is 12.1 Å². The van der Waals surface area contributed by atoms with Gasteiger partial charge in [0.05, 0.1) is 10.5 Å². The van der Waals surface area contributed by atoms with Gasteiger partial charge < -0.3 is 15.2 Å². The molecule has 0 bridgehead atoms. The highest BCUT2D eigenvalue weighted by molar-refractivity contribution is 6.09. The molecule has 166 valence electrons. The van der Waals surface area contributed by atoms with E-state index in [0.717, 1.165) is 6.07 Å². The lowest BCUT2D eigenvalue weighted by Crippen LogP contribution is -2.13. The summed E-state index contributed by atoms with van der Waals surface area (Å²) in [6.07, 6.45) is 1.33. The molecule has 3 rings (SSSR count). The summed E-state index contributed by atoms with van der Waals surface area (Å²) in [5, 5.41) is 41.0. The minimum absolute atomic E-state index is 0.0267. The van der Waals surface area contributed by atoms with E-state index in [4.69, 9.17) is 9.84 Å². The number of anilines is 1. The number of nitrogens with one attached hydrogen (secondary N) is 1. The van der Waals surface area contributed by atoms with Crippen LogP contribution in [0.3, 0.4) is 0 Å². The minimum atomic E-state index is -1.10. The average molecular weight is 454 g/mol. The Morgan fingerprint density at radius 1 is 1.06 bits per heavy atom. The van der Waals surface area contributed by atoms with Crippen molar-refractivity contribution in [3.63, 3.8) is 0 Å². The van der Waals surface area contributed by atoms with Crippen molar-refractivity contribution in [3.8, 4) is 23.6 Å². The summed E-state index contributed by atoms with van der Waals surface area (Å²) in [6.45, 7) is 0. The first-order valence-electron chi connectivity index (χ1n) is 9.53. The van der Waals surface area contributed by atoms with E-state index in [2.05, 4.69) is 5.32 Å². The number of carbonyl (C=O) groups is 2. The van der Waals surface area contributed by atoms with Gasteiger partial charge in [0.2, 0.25) is 0 Å². The number of nitro groups is 1. The summed E-state index contributed by atoms with van der Waals surface area (Å²) in [5.41, 5.74) is 0.330. The quantitative estimate of drug-likeness (QED) is 0.228. The molecule has 2 N–H and O–H groups in total. The van der Waals surface area contributed by atoms with Crippen molar-refractivity contribution in [1.29, 1.82) is 10.5 Å². The normalized spacial score (nSPS) is 10.5. The van der Waals surface area contributed by atoms with Crippen LogP contribution < -0.4 is 10.1 Å². The smallest absolute Gasteiger partial charge is 0.335 e. The molecule has 0 heterocycles. The topological polar surface area (TPSA) is 166 Å². The van der Waals surface area contributed by atoms with Gasteiger partial charge in [-0.25, -0.2) is 4.79 Å². The van der Waals surface area contributed by atoms with Crippen LogP contribution in [-0.4, -0.2) is 21.9 Å². The number of benzene rings is 3. The third kappa shape index (κ3) is 5.60. The van der Waals surface area contributed by atoms with Crippen LogP contribution in [0.2, 0.25) is 0 Å². The molecule has 0 fully saturated rings. The third-order valence-electron chi connectivity index (χ3n) is 4.45. The van der Waals surface area contributed by atoms with Gasteiger partial charge in [0.25, 0.3) is 11.6 Å². The van der Waals surface area contributed by atoms with E-state index < -0.39 is 16.8 Å². The Bertz CT molecular complexity index is 1400. The van der Waals surface area contributed by atoms with E-state index in [-0.39, 0.29) is 33.9 Å². The number of carboxylic acid groups (broad SMARTS) is 1. The van der Waals surface area contributed by atoms with Crippen LogP contribution in [0.1, 0.15) is 21.5 Å². The molecule has 0 aliphatic rings. The van der Waals surface area contributed by atoms with Gasteiger partial charge in [0, 0.05) is 17.8 Å². The Morgan fingerprint density at radius 3 is 2.41 bits per heavy atom. The molecule has 0 unspecified atom stereocenters. The number of nitriles is 2. The fourth-order valence-corrected chi connectivity index (χ4v) is 2.81. The van der Waals surface area contributed by atoms with E-state index in [9.17, 15) is 30.2 Å². The van der Waals surface area contributed by atoms with Crippen LogP contribution in [0.4, 0.5) is 11.4 Å². The Hall–Kier alpha value is -5.48. The molecule has 3 aromatic carbocycles. The molecule has 34 heavy (non-hydrogen) atoms. The van der Waals surface area contributed by atoms with Gasteiger partial charge in [-0.3, -0.25) is 14.9 Å². The number of hydrogen-bond donors (Lipinski definition) is 2. The van der Waals surface area contributed by atoms with E-state index in [0.29, 0.717) is 11.3 Å². The van der Waals surface area contributed by atoms with Crippen molar-refractivity contribution in [2.75, 3.05) is 5.32 Å². The fourth-order valence-electron chi connectivity index (χ4n) is 2.81. The number of hydrogen-bond acceptors (Lipinski definition) is 7. The van der Waals surface area contributed by atoms with Crippen molar-refractivity contribution in [2.45, 2.75) is 0 Å². The van der Waals surface area contributed by atoms with Gasteiger partial charge in [0.15, 0.2) is 0 Å². The number of aromatic carboxylic acids is 1. The molecule has 0 saturated carbocycles. The molecule has 1 amide bonds. The lowest BCUT2D eigenvalue weighted by atomic mass is 10.1. The van der Waals surface area contributed by atoms with Crippen LogP contribution in [0.5, 0.6) is 11.5 Å². The zero-order valence-electron chi connectivity index (χ0n) is 17.3. The zero-order chi connectivity index (χ0) is 24.7. The maximum absolute atomic E-state index is 12.5. The molecule has 0 aliphatic carbocycles. The maximum Gasteiger partial charge on any atom is 0.335 e. The summed E-state index contributed by atoms with van der Waals surface area (Å²) < 4.78 is 5.67. The number of carboxylic acids is 1. The monoisotopic (exact) mass is 454 g/mol. The summed E-state index contributed by atoms with van der Waals surface area (Å²) in [6, 6.07) is 19.1. The number of nitrogens with zero attached hydrogens (tertiary/aromatic N) is 3. The van der Waals surface area contributed by atoms with Crippen LogP contribution in [0.15, 0.2) is 72.3 Å². The molecule has 3 aromatic rings. The van der Waals surface area contributed by atoms with Crippen molar-refractivity contribution >= 4 is 29.3 Å². The van der Waals surface area contributed by atoms with E-state index in [1.54, 1.807) is 18.2 Å². The number of nitro benzene ring substituents is 1. The average Bonchev–Trinajstić information content (AvgIpc) is 2.83. The summed E-state index contributed by atoms with van der Waals surface area (Å²) in [4.78, 5) is 33.7. The highest BCUT2D eigenvalue weighted by Gasteiger charge is 2.13. The third-order valence-corrected chi connectivity index (χ3v) is 4.45. The Kier molecular flexibility index (Phi) is 6.97. The van der Waals surface area contributed by atoms with Crippen LogP contribution in [-0.2, 0) is 4.79 Å². The zero-order valence-corrected chi connectivity index (χ0v) is 17.3. The molecule has 0 aromatic heterocycles. The summed E-state index contributed by atoms with van der Waals surface area (Å²) in [7, 11) is 0. The highest BCUT2D eigenvalue weighted by atomic mass is 16.6. The highest BCUT2D eigenvalue weighted by Crippen LogP contribution is 2.29. The lowest BCUT2D eigenvalue weighted by molar-refractivity contribution is -0.384. The lowest BCUT2D eigenvalue weighted by Gasteiger charge is -2.08. The predicted octanol–water partition coefficient (Wildman–Crippen LogP) is 4.50. The number of carbonyl (C=O) groups excluding carboxylic acids is 1. The van der Waals surface area contributed by atoms with Gasteiger partial charge in [-0.15, -0.1) is 0 Å². The number of non-ortho nitro benzene ring substituents is 1. The predicted molar refractivity (Wildman–Crippen MR) is 120 cm³/mol. The van der Waals surface area contributed by atoms with E-state index >= 15 is 0 Å². The molecule has 0 spiro atoms. The second-order valence-corrected chi connectivity index (χ2v) is 6.73. The van der Waals surface area contributed by atoms with Gasteiger partial charge >= 0.3 is 5.97 Å². The Balaban J connectivity index is 1.80. The second kappa shape index (κ2) is 10.2. The van der Waals surface area contributed by atoms with Gasteiger partial charge in [0.1, 0.15) is 34.8 Å². The van der Waals surface area contributed by atoms with Crippen molar-refractivity contribution in [2.24, 2.45) is 0 Å². The van der Waals surface area contributed by atoms with Crippen molar-refractivity contribution in [3.05, 3.63) is 99.1 Å². The van der Waals surface area contributed by atoms with Crippen LogP contribution in [0.25, 0.3) is 6.08 Å². The first kappa shape index (κ1) is 23.2. The van der Waals surface area contributed by atoms with E-state index in [1.165, 1.54) is 48.5 Å². The molecule has 0 saturated heterocycles. The molecule has 0 aliphatic heterocycles. The minimum Gasteiger partial charge on any atom is -0.478 e. The number of rotatable bonds is 7. The maximum atomic E-state index is 12.5. The second-order valence-electron chi connectivity index (χ2n) is 6.73. The molecule has 0 radical (unpaired) electrons. The van der Waals surface area contributed by atoms with Gasteiger partial charge in [-0.2, -0.15) is 10.5 Å².